The monoisotopic (exact) mass is 239 g/mol. The van der Waals surface area contributed by atoms with Gasteiger partial charge in [0.1, 0.15) is 0 Å². The molecule has 0 saturated heterocycles. The van der Waals surface area contributed by atoms with Gasteiger partial charge in [-0.3, -0.25) is 0 Å². The summed E-state index contributed by atoms with van der Waals surface area (Å²) in [4.78, 5) is 4.14. The zero-order valence-electron chi connectivity index (χ0n) is 11.2. The Morgan fingerprint density at radius 2 is 1.76 bits per heavy atom. The van der Waals surface area contributed by atoms with Gasteiger partial charge in [0.05, 0.1) is 6.54 Å². The fourth-order valence-electron chi connectivity index (χ4n) is 1.82. The third-order valence-electron chi connectivity index (χ3n) is 2.81. The molecule has 0 aliphatic heterocycles. The highest BCUT2D eigenvalue weighted by Gasteiger charge is 2.00. The Morgan fingerprint density at radius 3 is 2.41 bits per heavy atom. The second kappa shape index (κ2) is 9.16. The molecule has 17 heavy (non-hydrogen) atoms. The number of hydrogen-bond acceptors (Lipinski definition) is 4. The summed E-state index contributed by atoms with van der Waals surface area (Å²) in [5.41, 5.74) is 0. The van der Waals surface area contributed by atoms with Crippen molar-refractivity contribution in [1.29, 1.82) is 0 Å². The summed E-state index contributed by atoms with van der Waals surface area (Å²) in [6.07, 6.45) is 9.42. The van der Waals surface area contributed by atoms with Gasteiger partial charge in [-0.05, 0) is 13.0 Å². The van der Waals surface area contributed by atoms with Crippen molar-refractivity contribution in [2.75, 3.05) is 6.54 Å². The Hall–Kier alpha value is -0.900. The summed E-state index contributed by atoms with van der Waals surface area (Å²) in [6.45, 7) is 5.82. The molecule has 1 rings (SSSR count). The van der Waals surface area contributed by atoms with Crippen molar-refractivity contribution in [2.45, 2.75) is 65.3 Å². The van der Waals surface area contributed by atoms with Gasteiger partial charge in [-0.2, -0.15) is 4.98 Å². The molecule has 0 saturated carbocycles. The molecule has 0 fully saturated rings. The number of aryl methyl sites for hydroxylation is 1. The fourth-order valence-corrected chi connectivity index (χ4v) is 1.82. The molecule has 0 bridgehead atoms. The molecule has 4 heteroatoms. The van der Waals surface area contributed by atoms with Crippen LogP contribution in [0.2, 0.25) is 0 Å². The Labute approximate surface area is 104 Å². The molecule has 1 aromatic rings. The zero-order valence-corrected chi connectivity index (χ0v) is 11.2. The van der Waals surface area contributed by atoms with Gasteiger partial charge < -0.3 is 9.84 Å². The molecule has 1 aromatic heterocycles. The first-order chi connectivity index (χ1) is 8.33. The van der Waals surface area contributed by atoms with Crippen LogP contribution < -0.4 is 5.32 Å². The van der Waals surface area contributed by atoms with Gasteiger partial charge in [-0.25, -0.2) is 0 Å². The number of nitrogens with zero attached hydrogens (tertiary/aromatic N) is 2. The summed E-state index contributed by atoms with van der Waals surface area (Å²) < 4.78 is 4.90. The van der Waals surface area contributed by atoms with E-state index < -0.39 is 0 Å². The first-order valence-corrected chi connectivity index (χ1v) is 6.83. The molecule has 4 nitrogen and oxygen atoms in total. The van der Waals surface area contributed by atoms with Crippen LogP contribution in [0, 0.1) is 6.92 Å². The van der Waals surface area contributed by atoms with Crippen molar-refractivity contribution in [3.63, 3.8) is 0 Å². The third-order valence-corrected chi connectivity index (χ3v) is 2.81. The fraction of sp³-hybridized carbons (Fsp3) is 0.846. The van der Waals surface area contributed by atoms with E-state index in [0.29, 0.717) is 12.4 Å². The molecule has 1 heterocycles. The van der Waals surface area contributed by atoms with Gasteiger partial charge in [0.2, 0.25) is 5.89 Å². The summed E-state index contributed by atoms with van der Waals surface area (Å²) in [7, 11) is 0. The molecule has 0 unspecified atom stereocenters. The standard InChI is InChI=1S/C13H25N3O/c1-3-4-5-6-7-8-9-10-14-11-13-15-12(2)17-16-13/h14H,3-11H2,1-2H3. The normalized spacial score (nSPS) is 10.9. The topological polar surface area (TPSA) is 51.0 Å². The first-order valence-electron chi connectivity index (χ1n) is 6.83. The van der Waals surface area contributed by atoms with E-state index in [1.54, 1.807) is 0 Å². The molecule has 0 aliphatic carbocycles. The van der Waals surface area contributed by atoms with Gasteiger partial charge in [0.25, 0.3) is 0 Å². The van der Waals surface area contributed by atoms with Crippen LogP contribution in [0.3, 0.4) is 0 Å². The number of nitrogens with one attached hydrogen (secondary N) is 1. The van der Waals surface area contributed by atoms with Crippen molar-refractivity contribution in [3.8, 4) is 0 Å². The van der Waals surface area contributed by atoms with Crippen LogP contribution in [-0.2, 0) is 6.54 Å². The Kier molecular flexibility index (Phi) is 7.63. The van der Waals surface area contributed by atoms with E-state index in [2.05, 4.69) is 22.4 Å². The van der Waals surface area contributed by atoms with Gasteiger partial charge >= 0.3 is 0 Å². The Bertz CT molecular complexity index is 286. The zero-order chi connectivity index (χ0) is 12.3. The Balaban J connectivity index is 1.84. The van der Waals surface area contributed by atoms with Crippen LogP contribution in [0.5, 0.6) is 0 Å². The van der Waals surface area contributed by atoms with Crippen LogP contribution in [0.4, 0.5) is 0 Å². The lowest BCUT2D eigenvalue weighted by atomic mass is 10.1. The Morgan fingerprint density at radius 1 is 1.06 bits per heavy atom. The highest BCUT2D eigenvalue weighted by molar-refractivity contribution is 4.82. The maximum Gasteiger partial charge on any atom is 0.223 e. The van der Waals surface area contributed by atoms with Gasteiger partial charge in [0, 0.05) is 6.92 Å². The second-order valence-electron chi connectivity index (χ2n) is 4.53. The minimum atomic E-state index is 0.637. The van der Waals surface area contributed by atoms with E-state index in [-0.39, 0.29) is 0 Å². The van der Waals surface area contributed by atoms with Crippen LogP contribution in [0.1, 0.15) is 63.6 Å². The lowest BCUT2D eigenvalue weighted by Crippen LogP contribution is -2.15. The molecule has 0 aromatic carbocycles. The highest BCUT2D eigenvalue weighted by atomic mass is 16.5. The van der Waals surface area contributed by atoms with E-state index in [1.165, 1.54) is 44.9 Å². The highest BCUT2D eigenvalue weighted by Crippen LogP contribution is 2.06. The van der Waals surface area contributed by atoms with Crippen molar-refractivity contribution in [1.82, 2.24) is 15.5 Å². The van der Waals surface area contributed by atoms with E-state index in [1.807, 2.05) is 6.92 Å². The van der Waals surface area contributed by atoms with Gasteiger partial charge in [-0.1, -0.05) is 50.6 Å². The van der Waals surface area contributed by atoms with E-state index >= 15 is 0 Å². The molecule has 0 amide bonds. The minimum Gasteiger partial charge on any atom is -0.340 e. The molecule has 0 spiro atoms. The summed E-state index contributed by atoms with van der Waals surface area (Å²) in [6, 6.07) is 0. The molecule has 1 N–H and O–H groups in total. The van der Waals surface area contributed by atoms with Crippen LogP contribution in [-0.4, -0.2) is 16.7 Å². The first kappa shape index (κ1) is 14.2. The average Bonchev–Trinajstić information content (AvgIpc) is 2.73. The molecule has 0 aliphatic rings. The quantitative estimate of drug-likeness (QED) is 0.637. The molecular formula is C13H25N3O. The minimum absolute atomic E-state index is 0.637. The van der Waals surface area contributed by atoms with E-state index in [0.717, 1.165) is 12.4 Å². The summed E-state index contributed by atoms with van der Waals surface area (Å²) >= 11 is 0. The van der Waals surface area contributed by atoms with Crippen molar-refractivity contribution in [3.05, 3.63) is 11.7 Å². The van der Waals surface area contributed by atoms with E-state index in [4.69, 9.17) is 4.52 Å². The van der Waals surface area contributed by atoms with Crippen molar-refractivity contribution < 1.29 is 4.52 Å². The second-order valence-corrected chi connectivity index (χ2v) is 4.53. The maximum atomic E-state index is 4.90. The average molecular weight is 239 g/mol. The number of rotatable bonds is 10. The predicted molar refractivity (Wildman–Crippen MR) is 68.7 cm³/mol. The summed E-state index contributed by atoms with van der Waals surface area (Å²) in [5.74, 6) is 1.39. The lowest BCUT2D eigenvalue weighted by molar-refractivity contribution is 0.385. The maximum absolute atomic E-state index is 4.90. The third kappa shape index (κ3) is 7.10. The SMILES string of the molecule is CCCCCCCCCNCc1noc(C)n1. The van der Waals surface area contributed by atoms with E-state index in [9.17, 15) is 0 Å². The van der Waals surface area contributed by atoms with Crippen LogP contribution >= 0.6 is 0 Å². The van der Waals surface area contributed by atoms with Crippen LogP contribution in [0.25, 0.3) is 0 Å². The van der Waals surface area contributed by atoms with Gasteiger partial charge in [0.15, 0.2) is 5.82 Å². The van der Waals surface area contributed by atoms with Crippen molar-refractivity contribution >= 4 is 0 Å². The predicted octanol–water partition coefficient (Wildman–Crippen LogP) is 3.22. The lowest BCUT2D eigenvalue weighted by Gasteiger charge is -2.02. The molecule has 98 valence electrons. The molecular weight excluding hydrogens is 214 g/mol. The molecule has 0 radical (unpaired) electrons. The smallest absolute Gasteiger partial charge is 0.223 e. The molecule has 0 atom stereocenters. The van der Waals surface area contributed by atoms with Crippen molar-refractivity contribution in [2.24, 2.45) is 0 Å². The number of hydrogen-bond donors (Lipinski definition) is 1. The van der Waals surface area contributed by atoms with Gasteiger partial charge in [-0.15, -0.1) is 0 Å². The largest absolute Gasteiger partial charge is 0.340 e. The number of unbranched alkanes of at least 4 members (excludes halogenated alkanes) is 6. The number of aromatic nitrogens is 2. The van der Waals surface area contributed by atoms with Crippen LogP contribution in [0.15, 0.2) is 4.52 Å². The summed E-state index contributed by atoms with van der Waals surface area (Å²) in [5, 5.41) is 7.17.